The fourth-order valence-electron chi connectivity index (χ4n) is 1.70. The molecule has 1 heterocycles. The maximum absolute atomic E-state index is 13.7. The first-order chi connectivity index (χ1) is 9.22. The van der Waals surface area contributed by atoms with Gasteiger partial charge in [-0.3, -0.25) is 0 Å². The van der Waals surface area contributed by atoms with Crippen LogP contribution >= 0.6 is 0 Å². The lowest BCUT2D eigenvalue weighted by atomic mass is 10.1. The maximum Gasteiger partial charge on any atom is 0.224 e. The molecule has 100 valence electrons. The zero-order valence-electron chi connectivity index (χ0n) is 11.1. The van der Waals surface area contributed by atoms with Gasteiger partial charge in [0.15, 0.2) is 11.6 Å². The molecular weight excluding hydrogens is 243 g/mol. The van der Waals surface area contributed by atoms with Gasteiger partial charge >= 0.3 is 0 Å². The lowest BCUT2D eigenvalue weighted by Crippen LogP contribution is -2.05. The van der Waals surface area contributed by atoms with Gasteiger partial charge in [0.2, 0.25) is 5.95 Å². The minimum absolute atomic E-state index is 0.180. The van der Waals surface area contributed by atoms with E-state index in [0.717, 1.165) is 18.3 Å². The van der Waals surface area contributed by atoms with Gasteiger partial charge in [0, 0.05) is 12.2 Å². The van der Waals surface area contributed by atoms with Crippen LogP contribution in [0.2, 0.25) is 0 Å². The van der Waals surface area contributed by atoms with Gasteiger partial charge in [-0.2, -0.15) is 4.98 Å². The molecule has 1 aromatic heterocycles. The summed E-state index contributed by atoms with van der Waals surface area (Å²) in [5.41, 5.74) is 2.01. The summed E-state index contributed by atoms with van der Waals surface area (Å²) < 4.78 is 13.7. The molecule has 0 aliphatic carbocycles. The Bertz CT molecular complexity index is 557. The summed E-state index contributed by atoms with van der Waals surface area (Å²) in [6.45, 7) is 4.70. The van der Waals surface area contributed by atoms with Gasteiger partial charge in [0.05, 0.1) is 6.20 Å². The topological polar surface area (TPSA) is 49.8 Å². The molecular formula is C14H17FN4. The minimum Gasteiger partial charge on any atom is -0.354 e. The smallest absolute Gasteiger partial charge is 0.224 e. The first-order valence-corrected chi connectivity index (χ1v) is 6.35. The lowest BCUT2D eigenvalue weighted by molar-refractivity contribution is 0.619. The fourth-order valence-corrected chi connectivity index (χ4v) is 1.70. The number of benzene rings is 1. The second-order valence-electron chi connectivity index (χ2n) is 4.10. The van der Waals surface area contributed by atoms with E-state index < -0.39 is 5.82 Å². The van der Waals surface area contributed by atoms with Crippen molar-refractivity contribution < 1.29 is 4.39 Å². The van der Waals surface area contributed by atoms with E-state index in [2.05, 4.69) is 27.5 Å². The van der Waals surface area contributed by atoms with Crippen molar-refractivity contribution in [2.45, 2.75) is 20.3 Å². The van der Waals surface area contributed by atoms with Crippen LogP contribution in [0.4, 0.5) is 21.8 Å². The number of nitrogens with zero attached hydrogens (tertiary/aromatic N) is 2. The molecule has 0 saturated carbocycles. The molecule has 0 saturated heterocycles. The quantitative estimate of drug-likeness (QED) is 0.865. The number of nitrogens with one attached hydrogen (secondary N) is 2. The van der Waals surface area contributed by atoms with Gasteiger partial charge in [0.25, 0.3) is 0 Å². The molecule has 0 fully saturated rings. The Hall–Kier alpha value is -2.17. The molecule has 0 atom stereocenters. The second kappa shape index (κ2) is 6.13. The van der Waals surface area contributed by atoms with Crippen molar-refractivity contribution >= 4 is 17.5 Å². The van der Waals surface area contributed by atoms with E-state index in [1.165, 1.54) is 5.56 Å². The van der Waals surface area contributed by atoms with Crippen LogP contribution in [0.25, 0.3) is 0 Å². The molecule has 2 N–H and O–H groups in total. The van der Waals surface area contributed by atoms with Crippen molar-refractivity contribution in [3.8, 4) is 0 Å². The summed E-state index contributed by atoms with van der Waals surface area (Å²) in [6, 6.07) is 7.83. The van der Waals surface area contributed by atoms with Crippen LogP contribution in [0.5, 0.6) is 0 Å². The Morgan fingerprint density at radius 3 is 2.84 bits per heavy atom. The predicted molar refractivity (Wildman–Crippen MR) is 75.3 cm³/mol. The lowest BCUT2D eigenvalue weighted by Gasteiger charge is -2.09. The minimum atomic E-state index is -0.469. The molecule has 0 bridgehead atoms. The first-order valence-electron chi connectivity index (χ1n) is 6.35. The van der Waals surface area contributed by atoms with Crippen molar-refractivity contribution in [3.63, 3.8) is 0 Å². The predicted octanol–water partition coefficient (Wildman–Crippen LogP) is 3.35. The monoisotopic (exact) mass is 260 g/mol. The van der Waals surface area contributed by atoms with E-state index in [1.54, 1.807) is 0 Å². The Labute approximate surface area is 112 Å². The molecule has 19 heavy (non-hydrogen) atoms. The van der Waals surface area contributed by atoms with Crippen molar-refractivity contribution in [3.05, 3.63) is 41.8 Å². The molecule has 0 amide bonds. The van der Waals surface area contributed by atoms with Gasteiger partial charge in [-0.25, -0.2) is 9.37 Å². The zero-order valence-corrected chi connectivity index (χ0v) is 11.1. The van der Waals surface area contributed by atoms with Crippen LogP contribution in [-0.2, 0) is 6.42 Å². The van der Waals surface area contributed by atoms with E-state index in [1.807, 2.05) is 31.2 Å². The van der Waals surface area contributed by atoms with Crippen LogP contribution in [0.15, 0.2) is 30.5 Å². The van der Waals surface area contributed by atoms with Gasteiger partial charge in [-0.05, 0) is 31.0 Å². The summed E-state index contributed by atoms with van der Waals surface area (Å²) in [6.07, 6.45) is 2.10. The molecule has 4 nitrogen and oxygen atoms in total. The summed E-state index contributed by atoms with van der Waals surface area (Å²) in [4.78, 5) is 7.97. The molecule has 1 aromatic carbocycles. The van der Waals surface area contributed by atoms with Crippen molar-refractivity contribution in [2.24, 2.45) is 0 Å². The number of hydrogen-bond donors (Lipinski definition) is 2. The normalized spacial score (nSPS) is 10.3. The highest BCUT2D eigenvalue weighted by atomic mass is 19.1. The molecule has 0 spiro atoms. The first kappa shape index (κ1) is 13.3. The highest BCUT2D eigenvalue weighted by Gasteiger charge is 2.07. The Morgan fingerprint density at radius 1 is 1.26 bits per heavy atom. The Morgan fingerprint density at radius 2 is 2.11 bits per heavy atom. The van der Waals surface area contributed by atoms with E-state index >= 15 is 0 Å². The number of hydrogen-bond acceptors (Lipinski definition) is 4. The average Bonchev–Trinajstić information content (AvgIpc) is 2.43. The van der Waals surface area contributed by atoms with Crippen LogP contribution in [0, 0.1) is 5.82 Å². The highest BCUT2D eigenvalue weighted by molar-refractivity contribution is 5.58. The molecule has 5 heteroatoms. The third kappa shape index (κ3) is 3.40. The third-order valence-corrected chi connectivity index (χ3v) is 2.68. The average molecular weight is 260 g/mol. The molecule has 2 rings (SSSR count). The number of halogens is 1. The van der Waals surface area contributed by atoms with Crippen LogP contribution in [0.1, 0.15) is 19.4 Å². The molecule has 0 radical (unpaired) electrons. The van der Waals surface area contributed by atoms with E-state index in [-0.39, 0.29) is 5.82 Å². The fraction of sp³-hybridized carbons (Fsp3) is 0.286. The van der Waals surface area contributed by atoms with Crippen LogP contribution in [-0.4, -0.2) is 16.5 Å². The zero-order chi connectivity index (χ0) is 13.7. The van der Waals surface area contributed by atoms with Gasteiger partial charge in [-0.1, -0.05) is 19.1 Å². The number of aryl methyl sites for hydroxylation is 1. The summed E-state index contributed by atoms with van der Waals surface area (Å²) in [5.74, 6) is 0.126. The largest absolute Gasteiger partial charge is 0.354 e. The highest BCUT2D eigenvalue weighted by Crippen LogP contribution is 2.19. The number of anilines is 3. The van der Waals surface area contributed by atoms with Crippen LogP contribution in [0.3, 0.4) is 0 Å². The number of aromatic nitrogens is 2. The maximum atomic E-state index is 13.7. The standard InChI is InChI=1S/C14H17FN4/c1-3-10-6-5-7-11(8-10)18-13-12(15)9-17-14(19-13)16-4-2/h5-9H,3-4H2,1-2H3,(H2,16,17,18,19). The van der Waals surface area contributed by atoms with Crippen molar-refractivity contribution in [1.82, 2.24) is 9.97 Å². The van der Waals surface area contributed by atoms with E-state index in [0.29, 0.717) is 12.5 Å². The third-order valence-electron chi connectivity index (χ3n) is 2.68. The second-order valence-corrected chi connectivity index (χ2v) is 4.10. The van der Waals surface area contributed by atoms with Gasteiger partial charge < -0.3 is 10.6 Å². The molecule has 0 aliphatic rings. The Balaban J connectivity index is 2.23. The van der Waals surface area contributed by atoms with Crippen LogP contribution < -0.4 is 10.6 Å². The molecule has 0 aliphatic heterocycles. The molecule has 0 unspecified atom stereocenters. The summed E-state index contributed by atoms with van der Waals surface area (Å²) >= 11 is 0. The van der Waals surface area contributed by atoms with Crippen molar-refractivity contribution in [1.29, 1.82) is 0 Å². The van der Waals surface area contributed by atoms with Gasteiger partial charge in [0.1, 0.15) is 0 Å². The summed E-state index contributed by atoms with van der Waals surface area (Å²) in [7, 11) is 0. The van der Waals surface area contributed by atoms with Crippen molar-refractivity contribution in [2.75, 3.05) is 17.2 Å². The molecule has 2 aromatic rings. The summed E-state index contributed by atoms with van der Waals surface area (Å²) in [5, 5.41) is 5.93. The van der Waals surface area contributed by atoms with E-state index in [4.69, 9.17) is 0 Å². The Kier molecular flexibility index (Phi) is 4.28. The number of rotatable bonds is 5. The van der Waals surface area contributed by atoms with Gasteiger partial charge in [-0.15, -0.1) is 0 Å². The SMILES string of the molecule is CCNc1ncc(F)c(Nc2cccc(CC)c2)n1. The van der Waals surface area contributed by atoms with E-state index in [9.17, 15) is 4.39 Å².